The first-order valence-electron chi connectivity index (χ1n) is 13.2. The first kappa shape index (κ1) is 30.6. The standard InChI is InChI=1S/C28H32ClFN6O6/c1-15(37)35(10-11-41-26(39)32-14-16-6-5-7-19(29)23(16)30)21-13-22(21)36-20-9-8-17(33-27(40)42-28(2,3)4)12-18(20)24(34-36)25(31)38/h5-9,12,21-22H,10-11,13-14H2,1-4H3,(H2,31,38)(H,32,39)(H,33,40). The molecule has 0 spiro atoms. The fraction of sp³-hybridized carbons (Fsp3) is 0.393. The molecule has 2 unspecified atom stereocenters. The van der Waals surface area contributed by atoms with Crippen LogP contribution in [0.2, 0.25) is 5.02 Å². The zero-order valence-corrected chi connectivity index (χ0v) is 24.3. The van der Waals surface area contributed by atoms with E-state index in [0.717, 1.165) is 0 Å². The molecule has 42 heavy (non-hydrogen) atoms. The van der Waals surface area contributed by atoms with E-state index in [9.17, 15) is 23.6 Å². The van der Waals surface area contributed by atoms with Crippen molar-refractivity contribution in [3.8, 4) is 0 Å². The minimum atomic E-state index is -0.773. The van der Waals surface area contributed by atoms with E-state index in [1.807, 2.05) is 0 Å². The van der Waals surface area contributed by atoms with Crippen molar-refractivity contribution in [1.82, 2.24) is 20.0 Å². The number of carbonyl (C=O) groups excluding carboxylic acids is 4. The van der Waals surface area contributed by atoms with Gasteiger partial charge >= 0.3 is 12.2 Å². The van der Waals surface area contributed by atoms with Crippen LogP contribution in [-0.2, 0) is 20.8 Å². The summed E-state index contributed by atoms with van der Waals surface area (Å²) in [5.41, 5.74) is 6.12. The molecule has 0 aliphatic heterocycles. The SMILES string of the molecule is CC(=O)N(CCOC(=O)NCc1cccc(Cl)c1F)C1CC1n1nc(C(N)=O)c2cc(NC(=O)OC(C)(C)C)ccc21. The Labute approximate surface area is 246 Å². The largest absolute Gasteiger partial charge is 0.448 e. The number of nitrogens with zero attached hydrogens (tertiary/aromatic N) is 3. The van der Waals surface area contributed by atoms with Crippen LogP contribution in [0.15, 0.2) is 36.4 Å². The Bertz CT molecular complexity index is 1540. The molecule has 12 nitrogen and oxygen atoms in total. The summed E-state index contributed by atoms with van der Waals surface area (Å²) in [6, 6.07) is 8.88. The van der Waals surface area contributed by atoms with Crippen molar-refractivity contribution in [3.63, 3.8) is 0 Å². The number of fused-ring (bicyclic) bond motifs is 1. The number of aromatic nitrogens is 2. The van der Waals surface area contributed by atoms with Crippen molar-refractivity contribution in [2.75, 3.05) is 18.5 Å². The zero-order valence-electron chi connectivity index (χ0n) is 23.6. The van der Waals surface area contributed by atoms with Gasteiger partial charge in [0.25, 0.3) is 5.91 Å². The van der Waals surface area contributed by atoms with Crippen molar-refractivity contribution in [1.29, 1.82) is 0 Å². The van der Waals surface area contributed by atoms with Gasteiger partial charge in [-0.05, 0) is 51.5 Å². The molecule has 4 rings (SSSR count). The fourth-order valence-corrected chi connectivity index (χ4v) is 4.73. The number of anilines is 1. The van der Waals surface area contributed by atoms with E-state index < -0.39 is 29.5 Å². The lowest BCUT2D eigenvalue weighted by Gasteiger charge is -2.21. The van der Waals surface area contributed by atoms with Gasteiger partial charge in [0.2, 0.25) is 5.91 Å². The number of amides is 4. The predicted molar refractivity (Wildman–Crippen MR) is 153 cm³/mol. The maximum Gasteiger partial charge on any atom is 0.412 e. The Kier molecular flexibility index (Phi) is 8.90. The number of hydrogen-bond acceptors (Lipinski definition) is 7. The maximum atomic E-state index is 14.0. The summed E-state index contributed by atoms with van der Waals surface area (Å²) in [7, 11) is 0. The van der Waals surface area contributed by atoms with Crippen LogP contribution in [0, 0.1) is 5.82 Å². The molecule has 0 radical (unpaired) electrons. The van der Waals surface area contributed by atoms with Crippen LogP contribution < -0.4 is 16.4 Å². The Morgan fingerprint density at radius 2 is 1.93 bits per heavy atom. The molecule has 1 heterocycles. The van der Waals surface area contributed by atoms with Crippen LogP contribution >= 0.6 is 11.6 Å². The molecule has 1 fully saturated rings. The van der Waals surface area contributed by atoms with Crippen LogP contribution in [-0.4, -0.2) is 63.5 Å². The van der Waals surface area contributed by atoms with E-state index in [0.29, 0.717) is 23.0 Å². The van der Waals surface area contributed by atoms with E-state index in [2.05, 4.69) is 15.7 Å². The molecule has 3 aromatic rings. The average Bonchev–Trinajstić information content (AvgIpc) is 3.57. The Hall–Kier alpha value is -4.39. The number of ether oxygens (including phenoxy) is 2. The molecule has 224 valence electrons. The number of benzene rings is 2. The smallest absolute Gasteiger partial charge is 0.412 e. The topological polar surface area (TPSA) is 158 Å². The number of primary amides is 1. The maximum absolute atomic E-state index is 14.0. The predicted octanol–water partition coefficient (Wildman–Crippen LogP) is 4.36. The molecule has 1 aliphatic rings. The van der Waals surface area contributed by atoms with Crippen LogP contribution in [0.5, 0.6) is 0 Å². The molecule has 2 aromatic carbocycles. The van der Waals surface area contributed by atoms with Gasteiger partial charge in [0.05, 0.1) is 29.2 Å². The Morgan fingerprint density at radius 3 is 2.60 bits per heavy atom. The highest BCUT2D eigenvalue weighted by Crippen LogP contribution is 2.42. The summed E-state index contributed by atoms with van der Waals surface area (Å²) in [6.07, 6.45) is -0.876. The molecule has 1 saturated carbocycles. The van der Waals surface area contributed by atoms with Crippen molar-refractivity contribution >= 4 is 52.2 Å². The van der Waals surface area contributed by atoms with Gasteiger partial charge < -0.3 is 25.4 Å². The number of nitrogens with two attached hydrogens (primary N) is 1. The van der Waals surface area contributed by atoms with Crippen LogP contribution in [0.1, 0.15) is 56.2 Å². The molecule has 0 saturated heterocycles. The van der Waals surface area contributed by atoms with Crippen molar-refractivity contribution in [2.45, 2.75) is 58.3 Å². The number of alkyl carbamates (subject to hydrolysis) is 1. The lowest BCUT2D eigenvalue weighted by Crippen LogP contribution is -2.36. The molecule has 14 heteroatoms. The molecular formula is C28H32ClFN6O6. The van der Waals surface area contributed by atoms with E-state index in [4.69, 9.17) is 26.8 Å². The number of nitrogens with one attached hydrogen (secondary N) is 2. The van der Waals surface area contributed by atoms with Gasteiger partial charge in [-0.1, -0.05) is 23.7 Å². The van der Waals surface area contributed by atoms with Gasteiger partial charge in [0.1, 0.15) is 18.0 Å². The van der Waals surface area contributed by atoms with Gasteiger partial charge in [0, 0.05) is 30.1 Å². The normalized spacial score (nSPS) is 16.0. The second kappa shape index (κ2) is 12.2. The zero-order chi connectivity index (χ0) is 30.8. The third-order valence-electron chi connectivity index (χ3n) is 6.45. The second-order valence-electron chi connectivity index (χ2n) is 10.8. The van der Waals surface area contributed by atoms with Gasteiger partial charge in [-0.15, -0.1) is 0 Å². The molecule has 4 N–H and O–H groups in total. The molecule has 2 atom stereocenters. The average molecular weight is 603 g/mol. The quantitative estimate of drug-likeness (QED) is 0.328. The van der Waals surface area contributed by atoms with Crippen molar-refractivity contribution in [3.05, 3.63) is 58.5 Å². The van der Waals surface area contributed by atoms with Crippen molar-refractivity contribution < 1.29 is 33.0 Å². The number of rotatable bonds is 9. The summed E-state index contributed by atoms with van der Waals surface area (Å²) in [6.45, 7) is 6.53. The summed E-state index contributed by atoms with van der Waals surface area (Å²) >= 11 is 5.76. The Balaban J connectivity index is 1.40. The highest BCUT2D eigenvalue weighted by atomic mass is 35.5. The van der Waals surface area contributed by atoms with Gasteiger partial charge in [0.15, 0.2) is 5.69 Å². The van der Waals surface area contributed by atoms with Crippen LogP contribution in [0.4, 0.5) is 19.7 Å². The first-order valence-corrected chi connectivity index (χ1v) is 13.6. The van der Waals surface area contributed by atoms with Gasteiger partial charge in [-0.3, -0.25) is 19.6 Å². The minimum Gasteiger partial charge on any atom is -0.448 e. The Morgan fingerprint density at radius 1 is 1.19 bits per heavy atom. The van der Waals surface area contributed by atoms with Crippen molar-refractivity contribution in [2.24, 2.45) is 5.73 Å². The lowest BCUT2D eigenvalue weighted by molar-refractivity contribution is -0.130. The summed E-state index contributed by atoms with van der Waals surface area (Å²) in [5, 5.41) is 9.90. The third-order valence-corrected chi connectivity index (χ3v) is 6.74. The molecular weight excluding hydrogens is 571 g/mol. The van der Waals surface area contributed by atoms with Crippen LogP contribution in [0.3, 0.4) is 0 Å². The highest BCUT2D eigenvalue weighted by Gasteiger charge is 2.46. The van der Waals surface area contributed by atoms with E-state index >= 15 is 0 Å². The number of carbonyl (C=O) groups is 4. The van der Waals surface area contributed by atoms with E-state index in [1.165, 1.54) is 19.1 Å². The lowest BCUT2D eigenvalue weighted by atomic mass is 10.2. The van der Waals surface area contributed by atoms with Crippen LogP contribution in [0.25, 0.3) is 10.9 Å². The van der Waals surface area contributed by atoms with E-state index in [-0.39, 0.29) is 54.0 Å². The van der Waals surface area contributed by atoms with E-state index in [1.54, 1.807) is 54.6 Å². The third kappa shape index (κ3) is 7.27. The molecule has 1 aromatic heterocycles. The minimum absolute atomic E-state index is 0.0222. The molecule has 4 amide bonds. The molecule has 0 bridgehead atoms. The monoisotopic (exact) mass is 602 g/mol. The second-order valence-corrected chi connectivity index (χ2v) is 11.2. The summed E-state index contributed by atoms with van der Waals surface area (Å²) < 4.78 is 26.1. The first-order chi connectivity index (χ1) is 19.7. The van der Waals surface area contributed by atoms with Gasteiger partial charge in [-0.2, -0.15) is 5.10 Å². The highest BCUT2D eigenvalue weighted by molar-refractivity contribution is 6.30. The summed E-state index contributed by atoms with van der Waals surface area (Å²) in [4.78, 5) is 50.5. The summed E-state index contributed by atoms with van der Waals surface area (Å²) in [5.74, 6) is -1.60. The number of hydrogen-bond donors (Lipinski definition) is 3. The fourth-order valence-electron chi connectivity index (χ4n) is 4.54. The number of halogens is 2. The van der Waals surface area contributed by atoms with Gasteiger partial charge in [-0.25, -0.2) is 14.0 Å². The molecule has 1 aliphatic carbocycles.